The van der Waals surface area contributed by atoms with Crippen LogP contribution in [-0.4, -0.2) is 28.9 Å². The molecule has 0 saturated carbocycles. The molecule has 35 heavy (non-hydrogen) atoms. The van der Waals surface area contributed by atoms with Crippen molar-refractivity contribution >= 4 is 40.4 Å². The highest BCUT2D eigenvalue weighted by Crippen LogP contribution is 2.37. The minimum absolute atomic E-state index is 0.0961. The Balaban J connectivity index is 1.39. The molecule has 0 atom stereocenters. The van der Waals surface area contributed by atoms with Gasteiger partial charge in [0, 0.05) is 5.41 Å². The summed E-state index contributed by atoms with van der Waals surface area (Å²) in [5.41, 5.74) is 4.98. The van der Waals surface area contributed by atoms with Crippen LogP contribution < -0.4 is 9.47 Å². The third-order valence-electron chi connectivity index (χ3n) is 5.70. The lowest BCUT2D eigenvalue weighted by Crippen LogP contribution is -2.38. The molecule has 0 radical (unpaired) electrons. The molecule has 3 aromatic carbocycles. The van der Waals surface area contributed by atoms with Crippen LogP contribution in [0.4, 0.5) is 0 Å². The van der Waals surface area contributed by atoms with Gasteiger partial charge in [0.2, 0.25) is 0 Å². The number of aryl methyl sites for hydroxylation is 1. The van der Waals surface area contributed by atoms with Crippen molar-refractivity contribution in [3.8, 4) is 11.5 Å². The number of carbonyl (C=O) groups excluding carboxylic acids is 1. The molecule has 0 unspecified atom stereocenters. The largest absolute Gasteiger partial charge is 0.493 e. The molecule has 5 rings (SSSR count). The Bertz CT molecular complexity index is 1390. The first-order valence-corrected chi connectivity index (χ1v) is 11.9. The Kier molecular flexibility index (Phi) is 6.25. The van der Waals surface area contributed by atoms with Crippen molar-refractivity contribution in [2.45, 2.75) is 13.5 Å². The number of benzene rings is 3. The van der Waals surface area contributed by atoms with E-state index in [1.165, 1.54) is 17.3 Å². The molecule has 3 aromatic rings. The molecule has 0 bridgehead atoms. The van der Waals surface area contributed by atoms with Crippen LogP contribution in [0.5, 0.6) is 11.5 Å². The molecule has 1 amide bonds. The molecular formula is C28H23N3O3S. The number of methoxy groups -OCH3 is 1. The van der Waals surface area contributed by atoms with E-state index in [1.807, 2.05) is 79.1 Å². The van der Waals surface area contributed by atoms with Crippen molar-refractivity contribution in [3.63, 3.8) is 0 Å². The molecule has 0 fully saturated rings. The second kappa shape index (κ2) is 9.64. The maximum atomic E-state index is 12.8. The maximum absolute atomic E-state index is 12.8. The fourth-order valence-corrected chi connectivity index (χ4v) is 4.71. The van der Waals surface area contributed by atoms with Gasteiger partial charge in [-0.25, -0.2) is 0 Å². The van der Waals surface area contributed by atoms with Crippen LogP contribution in [0.15, 0.2) is 88.8 Å². The van der Waals surface area contributed by atoms with Crippen LogP contribution in [0.2, 0.25) is 0 Å². The van der Waals surface area contributed by atoms with E-state index >= 15 is 0 Å². The van der Waals surface area contributed by atoms with Gasteiger partial charge in [0.05, 0.1) is 18.4 Å². The minimum atomic E-state index is -0.435. The van der Waals surface area contributed by atoms with Gasteiger partial charge in [-0.15, -0.1) is 0 Å². The van der Waals surface area contributed by atoms with E-state index in [0.29, 0.717) is 28.8 Å². The van der Waals surface area contributed by atoms with Gasteiger partial charge < -0.3 is 9.47 Å². The fourth-order valence-electron chi connectivity index (χ4n) is 3.82. The Morgan fingerprint density at radius 3 is 2.54 bits per heavy atom. The quantitative estimate of drug-likeness (QED) is 0.445. The smallest absolute Gasteiger partial charge is 0.283 e. The number of amides is 1. The van der Waals surface area contributed by atoms with Crippen LogP contribution in [0.3, 0.4) is 0 Å². The van der Waals surface area contributed by atoms with Gasteiger partial charge >= 0.3 is 0 Å². The predicted octanol–water partition coefficient (Wildman–Crippen LogP) is 5.89. The predicted molar refractivity (Wildman–Crippen MR) is 140 cm³/mol. The highest BCUT2D eigenvalue weighted by Gasteiger charge is 2.36. The molecule has 2 aliphatic heterocycles. The number of aliphatic imine (C=N–C) groups is 1. The molecule has 0 aromatic heterocycles. The Labute approximate surface area is 208 Å². The second-order valence-electron chi connectivity index (χ2n) is 8.11. The Morgan fingerprint density at radius 2 is 1.80 bits per heavy atom. The second-order valence-corrected chi connectivity index (χ2v) is 8.95. The Morgan fingerprint density at radius 1 is 1.03 bits per heavy atom. The number of carbonyl (C=O) groups is 1. The third-order valence-corrected chi connectivity index (χ3v) is 6.52. The maximum Gasteiger partial charge on any atom is 0.283 e. The average Bonchev–Trinajstić information content (AvgIpc) is 3.31. The SMILES string of the molecule is COc1cc(C=C2C(=N)N3C(c4ccccc4)=CSC3=NC2=O)ccc1OCc1ccc(C)cc1. The van der Waals surface area contributed by atoms with Gasteiger partial charge in [-0.2, -0.15) is 4.99 Å². The van der Waals surface area contributed by atoms with Crippen LogP contribution in [-0.2, 0) is 11.4 Å². The van der Waals surface area contributed by atoms with Crippen LogP contribution >= 0.6 is 11.8 Å². The molecule has 0 spiro atoms. The van der Waals surface area contributed by atoms with E-state index < -0.39 is 5.91 Å². The number of nitrogens with zero attached hydrogens (tertiary/aromatic N) is 2. The van der Waals surface area contributed by atoms with E-state index in [-0.39, 0.29) is 11.4 Å². The Hall–Kier alpha value is -4.10. The molecular weight excluding hydrogens is 458 g/mol. The molecule has 174 valence electrons. The summed E-state index contributed by atoms with van der Waals surface area (Å²) in [4.78, 5) is 18.7. The zero-order chi connectivity index (χ0) is 24.4. The molecule has 2 aliphatic rings. The topological polar surface area (TPSA) is 75.0 Å². The number of rotatable bonds is 6. The lowest BCUT2D eigenvalue weighted by molar-refractivity contribution is -0.114. The van der Waals surface area contributed by atoms with Crippen LogP contribution in [0.1, 0.15) is 22.3 Å². The summed E-state index contributed by atoms with van der Waals surface area (Å²) in [5, 5.41) is 11.2. The van der Waals surface area contributed by atoms with Gasteiger partial charge in [-0.05, 0) is 41.8 Å². The van der Waals surface area contributed by atoms with Crippen molar-refractivity contribution in [2.24, 2.45) is 4.99 Å². The first kappa shape index (κ1) is 22.7. The number of nitrogens with one attached hydrogen (secondary N) is 1. The first-order valence-electron chi connectivity index (χ1n) is 11.1. The van der Waals surface area contributed by atoms with E-state index in [4.69, 9.17) is 14.9 Å². The van der Waals surface area contributed by atoms with E-state index in [0.717, 1.165) is 16.8 Å². The van der Waals surface area contributed by atoms with Crippen molar-refractivity contribution < 1.29 is 14.3 Å². The highest BCUT2D eigenvalue weighted by atomic mass is 32.2. The van der Waals surface area contributed by atoms with Crippen LogP contribution in [0.25, 0.3) is 11.8 Å². The summed E-state index contributed by atoms with van der Waals surface area (Å²) in [6, 6.07) is 23.4. The normalized spacial score (nSPS) is 16.2. The summed E-state index contributed by atoms with van der Waals surface area (Å²) in [6.45, 7) is 2.46. The highest BCUT2D eigenvalue weighted by molar-refractivity contribution is 8.17. The number of fused-ring (bicyclic) bond motifs is 1. The zero-order valence-electron chi connectivity index (χ0n) is 19.3. The number of ether oxygens (including phenoxy) is 2. The van der Waals surface area contributed by atoms with Crippen molar-refractivity contribution in [1.82, 2.24) is 4.90 Å². The molecule has 2 heterocycles. The zero-order valence-corrected chi connectivity index (χ0v) is 20.1. The van der Waals surface area contributed by atoms with E-state index in [1.54, 1.807) is 24.2 Å². The lowest BCUT2D eigenvalue weighted by atomic mass is 10.1. The van der Waals surface area contributed by atoms with Crippen molar-refractivity contribution in [1.29, 1.82) is 5.41 Å². The average molecular weight is 482 g/mol. The monoisotopic (exact) mass is 481 g/mol. The fraction of sp³-hybridized carbons (Fsp3) is 0.107. The van der Waals surface area contributed by atoms with Gasteiger partial charge in [0.1, 0.15) is 12.4 Å². The summed E-state index contributed by atoms with van der Waals surface area (Å²) in [6.07, 6.45) is 1.67. The number of amidine groups is 2. The summed E-state index contributed by atoms with van der Waals surface area (Å²) >= 11 is 1.35. The van der Waals surface area contributed by atoms with Crippen LogP contribution in [0, 0.1) is 12.3 Å². The van der Waals surface area contributed by atoms with Crippen molar-refractivity contribution in [3.05, 3.63) is 106 Å². The molecule has 0 aliphatic carbocycles. The number of hydrogen-bond acceptors (Lipinski definition) is 5. The van der Waals surface area contributed by atoms with Crippen molar-refractivity contribution in [2.75, 3.05) is 7.11 Å². The molecule has 1 N–H and O–H groups in total. The lowest BCUT2D eigenvalue weighted by Gasteiger charge is -2.27. The third kappa shape index (κ3) is 4.63. The molecule has 7 heteroatoms. The van der Waals surface area contributed by atoms with Gasteiger partial charge in [-0.1, -0.05) is 78.0 Å². The van der Waals surface area contributed by atoms with Gasteiger partial charge in [-0.3, -0.25) is 15.1 Å². The minimum Gasteiger partial charge on any atom is -0.493 e. The first-order chi connectivity index (χ1) is 17.0. The van der Waals surface area contributed by atoms with Gasteiger partial charge in [0.15, 0.2) is 16.7 Å². The van der Waals surface area contributed by atoms with Gasteiger partial charge in [0.25, 0.3) is 5.91 Å². The van der Waals surface area contributed by atoms with E-state index in [9.17, 15) is 4.79 Å². The number of thioether (sulfide) groups is 1. The summed E-state index contributed by atoms with van der Waals surface area (Å²) in [5.74, 6) is 0.812. The summed E-state index contributed by atoms with van der Waals surface area (Å²) in [7, 11) is 1.58. The standard InChI is InChI=1S/C28H23N3O3S/c1-18-8-10-19(11-9-18)16-34-24-13-12-20(15-25(24)33-2)14-22-26(29)31-23(21-6-4-3-5-7-21)17-35-28(31)30-27(22)32/h3-15,17,29H,16H2,1-2H3. The molecule has 0 saturated heterocycles. The summed E-state index contributed by atoms with van der Waals surface area (Å²) < 4.78 is 11.5. The number of hydrogen-bond donors (Lipinski definition) is 1. The van der Waals surface area contributed by atoms with E-state index in [2.05, 4.69) is 4.99 Å². The molecule has 6 nitrogen and oxygen atoms in total.